The van der Waals surface area contributed by atoms with E-state index in [0.717, 1.165) is 14.7 Å². The molecule has 33 heavy (non-hydrogen) atoms. The fourth-order valence-corrected chi connectivity index (χ4v) is 4.15. The first-order chi connectivity index (χ1) is 15.8. The quantitative estimate of drug-likeness (QED) is 0.181. The van der Waals surface area contributed by atoms with Crippen LogP contribution in [-0.2, 0) is 11.4 Å². The molecule has 0 unspecified atom stereocenters. The molecule has 8 heteroatoms. The smallest absolute Gasteiger partial charge is 0.266 e. The highest BCUT2D eigenvalue weighted by Crippen LogP contribution is 2.36. The zero-order valence-corrected chi connectivity index (χ0v) is 21.5. The zero-order valence-electron chi connectivity index (χ0n) is 17.8. The second kappa shape index (κ2) is 11.4. The average molecular weight is 593 g/mol. The average Bonchev–Trinajstić information content (AvgIpc) is 2.78. The molecule has 0 aliphatic rings. The van der Waals surface area contributed by atoms with Crippen molar-refractivity contribution in [2.24, 2.45) is 0 Å². The molecular weight excluding hydrogens is 574 g/mol. The molecule has 0 saturated heterocycles. The van der Waals surface area contributed by atoms with Gasteiger partial charge in [-0.3, -0.25) is 4.79 Å². The third kappa shape index (κ3) is 6.64. The van der Waals surface area contributed by atoms with Gasteiger partial charge in [0.25, 0.3) is 5.91 Å². The number of hydrogen-bond acceptors (Lipinski definition) is 4. The van der Waals surface area contributed by atoms with Gasteiger partial charge in [-0.1, -0.05) is 47.0 Å². The van der Waals surface area contributed by atoms with Crippen LogP contribution < -0.4 is 14.8 Å². The van der Waals surface area contributed by atoms with Gasteiger partial charge in [-0.2, -0.15) is 5.26 Å². The summed E-state index contributed by atoms with van der Waals surface area (Å²) in [7, 11) is 1.52. The van der Waals surface area contributed by atoms with Gasteiger partial charge in [0.2, 0.25) is 0 Å². The Labute approximate surface area is 216 Å². The van der Waals surface area contributed by atoms with Crippen LogP contribution in [0.25, 0.3) is 6.08 Å². The molecule has 1 N–H and O–H groups in total. The lowest BCUT2D eigenvalue weighted by Gasteiger charge is -2.14. The van der Waals surface area contributed by atoms with E-state index < -0.39 is 5.91 Å². The summed E-state index contributed by atoms with van der Waals surface area (Å²) in [5, 5.41) is 13.3. The number of nitrogens with zero attached hydrogens (tertiary/aromatic N) is 1. The van der Waals surface area contributed by atoms with Crippen LogP contribution in [0.15, 0.2) is 60.2 Å². The Balaban J connectivity index is 1.82. The van der Waals surface area contributed by atoms with Crippen LogP contribution in [0, 0.1) is 21.8 Å². The highest BCUT2D eigenvalue weighted by atomic mass is 127. The number of amides is 1. The molecule has 0 aliphatic heterocycles. The van der Waals surface area contributed by atoms with Crippen LogP contribution >= 0.6 is 45.8 Å². The van der Waals surface area contributed by atoms with E-state index in [9.17, 15) is 10.1 Å². The third-order valence-corrected chi connectivity index (χ3v) is 6.01. The van der Waals surface area contributed by atoms with Crippen molar-refractivity contribution in [3.05, 3.63) is 90.5 Å². The van der Waals surface area contributed by atoms with Crippen LogP contribution in [0.4, 0.5) is 5.69 Å². The van der Waals surface area contributed by atoms with Crippen molar-refractivity contribution in [2.45, 2.75) is 13.5 Å². The Bertz CT molecular complexity index is 1250. The molecule has 0 fully saturated rings. The number of halogens is 3. The second-order valence-corrected chi connectivity index (χ2v) is 9.05. The van der Waals surface area contributed by atoms with Gasteiger partial charge in [0.15, 0.2) is 11.5 Å². The number of benzene rings is 3. The summed E-state index contributed by atoms with van der Waals surface area (Å²) in [6, 6.07) is 18.0. The van der Waals surface area contributed by atoms with Crippen molar-refractivity contribution in [1.29, 1.82) is 5.26 Å². The van der Waals surface area contributed by atoms with Gasteiger partial charge in [0, 0.05) is 21.3 Å². The maximum absolute atomic E-state index is 12.6. The van der Waals surface area contributed by atoms with Crippen molar-refractivity contribution in [3.63, 3.8) is 0 Å². The molecule has 5 nitrogen and oxygen atoms in total. The lowest BCUT2D eigenvalue weighted by molar-refractivity contribution is -0.112. The van der Waals surface area contributed by atoms with Crippen molar-refractivity contribution in [1.82, 2.24) is 0 Å². The van der Waals surface area contributed by atoms with Crippen LogP contribution in [-0.4, -0.2) is 13.0 Å². The summed E-state index contributed by atoms with van der Waals surface area (Å²) in [5.74, 6) is 0.506. The Hall–Kier alpha value is -2.73. The maximum atomic E-state index is 12.6. The maximum Gasteiger partial charge on any atom is 0.266 e. The van der Waals surface area contributed by atoms with E-state index in [4.69, 9.17) is 32.7 Å². The molecule has 0 bridgehead atoms. The van der Waals surface area contributed by atoms with E-state index in [-0.39, 0.29) is 12.2 Å². The summed E-state index contributed by atoms with van der Waals surface area (Å²) in [6.45, 7) is 2.18. The molecule has 3 aromatic rings. The molecule has 0 saturated carbocycles. The number of methoxy groups -OCH3 is 1. The van der Waals surface area contributed by atoms with Gasteiger partial charge >= 0.3 is 0 Å². The minimum absolute atomic E-state index is 0.0324. The number of ether oxygens (including phenoxy) is 2. The predicted octanol–water partition coefficient (Wildman–Crippen LogP) is 7.04. The minimum Gasteiger partial charge on any atom is -0.493 e. The summed E-state index contributed by atoms with van der Waals surface area (Å²) in [6.07, 6.45) is 1.51. The minimum atomic E-state index is -0.493. The Kier molecular flexibility index (Phi) is 8.61. The largest absolute Gasteiger partial charge is 0.493 e. The zero-order chi connectivity index (χ0) is 24.0. The van der Waals surface area contributed by atoms with Crippen LogP contribution in [0.2, 0.25) is 10.0 Å². The third-order valence-electron chi connectivity index (χ3n) is 4.62. The molecule has 168 valence electrons. The van der Waals surface area contributed by atoms with Crippen LogP contribution in [0.1, 0.15) is 16.7 Å². The van der Waals surface area contributed by atoms with E-state index in [1.54, 1.807) is 42.5 Å². The Morgan fingerprint density at radius 3 is 2.52 bits per heavy atom. The van der Waals surface area contributed by atoms with E-state index in [1.807, 2.05) is 25.1 Å². The van der Waals surface area contributed by atoms with Crippen molar-refractivity contribution >= 4 is 63.5 Å². The fraction of sp³-hybridized carbons (Fsp3) is 0.120. The van der Waals surface area contributed by atoms with Crippen molar-refractivity contribution < 1.29 is 14.3 Å². The molecule has 0 heterocycles. The van der Waals surface area contributed by atoms with Crippen molar-refractivity contribution in [2.75, 3.05) is 12.4 Å². The van der Waals surface area contributed by atoms with E-state index in [0.29, 0.717) is 32.8 Å². The van der Waals surface area contributed by atoms with Gasteiger partial charge in [-0.05, 0) is 77.6 Å². The Morgan fingerprint density at radius 1 is 1.15 bits per heavy atom. The van der Waals surface area contributed by atoms with E-state index in [2.05, 4.69) is 27.9 Å². The number of carbonyl (C=O) groups excluding carboxylic acids is 1. The van der Waals surface area contributed by atoms with Crippen LogP contribution in [0.5, 0.6) is 11.5 Å². The lowest BCUT2D eigenvalue weighted by atomic mass is 10.1. The van der Waals surface area contributed by atoms with Gasteiger partial charge in [0.05, 0.1) is 10.7 Å². The number of anilines is 1. The van der Waals surface area contributed by atoms with E-state index >= 15 is 0 Å². The van der Waals surface area contributed by atoms with Gasteiger partial charge in [-0.15, -0.1) is 0 Å². The Morgan fingerprint density at radius 2 is 1.88 bits per heavy atom. The molecule has 0 aliphatic carbocycles. The highest BCUT2D eigenvalue weighted by Gasteiger charge is 2.15. The highest BCUT2D eigenvalue weighted by molar-refractivity contribution is 14.1. The normalized spacial score (nSPS) is 11.0. The second-order valence-electron chi connectivity index (χ2n) is 7.05. The molecule has 0 radical (unpaired) electrons. The number of nitrogens with one attached hydrogen (secondary N) is 1. The first-order valence-electron chi connectivity index (χ1n) is 9.74. The molecule has 3 rings (SSSR count). The number of nitriles is 1. The molecule has 1 amide bonds. The van der Waals surface area contributed by atoms with E-state index in [1.165, 1.54) is 13.2 Å². The lowest BCUT2D eigenvalue weighted by Crippen LogP contribution is -2.13. The molecule has 0 atom stereocenters. The van der Waals surface area contributed by atoms with Crippen LogP contribution in [0.3, 0.4) is 0 Å². The number of hydrogen-bond donors (Lipinski definition) is 1. The van der Waals surface area contributed by atoms with Gasteiger partial charge < -0.3 is 14.8 Å². The molecule has 3 aromatic carbocycles. The molecule has 0 spiro atoms. The summed E-state index contributed by atoms with van der Waals surface area (Å²) in [4.78, 5) is 12.6. The standard InChI is InChI=1S/C25H19Cl2IN2O3/c1-15-3-7-20(8-4-15)30-25(31)18(13-29)9-16-10-22(28)24(23(11-16)32-2)33-14-17-5-6-19(26)12-21(17)27/h3-12H,14H2,1-2H3,(H,30,31)/b18-9-. The summed E-state index contributed by atoms with van der Waals surface area (Å²) >= 11 is 14.3. The fourth-order valence-electron chi connectivity index (χ4n) is 2.90. The number of aryl methyl sites for hydroxylation is 1. The number of carbonyl (C=O) groups is 1. The molecular formula is C25H19Cl2IN2O3. The topological polar surface area (TPSA) is 71.3 Å². The number of rotatable bonds is 7. The monoisotopic (exact) mass is 592 g/mol. The summed E-state index contributed by atoms with van der Waals surface area (Å²) < 4.78 is 12.2. The molecule has 0 aromatic heterocycles. The first-order valence-corrected chi connectivity index (χ1v) is 11.6. The van der Waals surface area contributed by atoms with Gasteiger partial charge in [-0.25, -0.2) is 0 Å². The summed E-state index contributed by atoms with van der Waals surface area (Å²) in [5.41, 5.74) is 3.07. The first kappa shape index (κ1) is 24.9. The predicted molar refractivity (Wildman–Crippen MR) is 140 cm³/mol. The SMILES string of the molecule is COc1cc(/C=C(/C#N)C(=O)Nc2ccc(C)cc2)cc(I)c1OCc1ccc(Cl)cc1Cl. The van der Waals surface area contributed by atoms with Crippen molar-refractivity contribution in [3.8, 4) is 17.6 Å². The van der Waals surface area contributed by atoms with Gasteiger partial charge in [0.1, 0.15) is 18.2 Å².